The molecule has 17 heavy (non-hydrogen) atoms. The Balaban J connectivity index is 1.69. The molecule has 4 heteroatoms. The second-order valence-corrected chi connectivity index (χ2v) is 4.97. The standard InChI is InChI=1S/C13H19N3O/c1-2-4-12-11(3-1)13(16-9-15-12)14-7-10-5-6-17-8-10/h9-10H,1-8H2,(H,14,15,16). The molecule has 4 nitrogen and oxygen atoms in total. The van der Waals surface area contributed by atoms with Crippen LogP contribution in [-0.4, -0.2) is 29.7 Å². The molecule has 1 aliphatic carbocycles. The van der Waals surface area contributed by atoms with Gasteiger partial charge in [-0.25, -0.2) is 9.97 Å². The van der Waals surface area contributed by atoms with E-state index in [9.17, 15) is 0 Å². The van der Waals surface area contributed by atoms with E-state index in [2.05, 4.69) is 15.3 Å². The van der Waals surface area contributed by atoms with Crippen LogP contribution >= 0.6 is 0 Å². The number of ether oxygens (including phenoxy) is 1. The van der Waals surface area contributed by atoms with Crippen LogP contribution in [0, 0.1) is 5.92 Å². The summed E-state index contributed by atoms with van der Waals surface area (Å²) in [5, 5.41) is 3.48. The van der Waals surface area contributed by atoms with Gasteiger partial charge in [0.25, 0.3) is 0 Å². The van der Waals surface area contributed by atoms with Crippen molar-refractivity contribution in [2.75, 3.05) is 25.1 Å². The van der Waals surface area contributed by atoms with Gasteiger partial charge in [0.05, 0.1) is 6.61 Å². The zero-order valence-electron chi connectivity index (χ0n) is 10.1. The minimum Gasteiger partial charge on any atom is -0.381 e. The molecule has 0 amide bonds. The summed E-state index contributed by atoms with van der Waals surface area (Å²) in [6, 6.07) is 0. The Morgan fingerprint density at radius 2 is 2.24 bits per heavy atom. The van der Waals surface area contributed by atoms with E-state index in [0.717, 1.165) is 38.4 Å². The molecule has 1 N–H and O–H groups in total. The topological polar surface area (TPSA) is 47.0 Å². The lowest BCUT2D eigenvalue weighted by molar-refractivity contribution is 0.187. The van der Waals surface area contributed by atoms with E-state index >= 15 is 0 Å². The smallest absolute Gasteiger partial charge is 0.132 e. The van der Waals surface area contributed by atoms with Gasteiger partial charge in [0.1, 0.15) is 12.1 Å². The summed E-state index contributed by atoms with van der Waals surface area (Å²) in [6.07, 6.45) is 7.62. The third kappa shape index (κ3) is 2.41. The summed E-state index contributed by atoms with van der Waals surface area (Å²) in [6.45, 7) is 2.78. The molecule has 0 spiro atoms. The maximum atomic E-state index is 5.39. The molecule has 0 aromatic carbocycles. The van der Waals surface area contributed by atoms with Crippen LogP contribution in [0.2, 0.25) is 0 Å². The van der Waals surface area contributed by atoms with E-state index in [-0.39, 0.29) is 0 Å². The molecule has 1 aromatic heterocycles. The van der Waals surface area contributed by atoms with E-state index in [1.807, 2.05) is 0 Å². The molecule has 1 aromatic rings. The van der Waals surface area contributed by atoms with Crippen molar-refractivity contribution in [3.05, 3.63) is 17.6 Å². The van der Waals surface area contributed by atoms with Crippen LogP contribution in [0.4, 0.5) is 5.82 Å². The van der Waals surface area contributed by atoms with Gasteiger partial charge in [-0.3, -0.25) is 0 Å². The molecule has 3 rings (SSSR count). The van der Waals surface area contributed by atoms with Crippen molar-refractivity contribution in [2.45, 2.75) is 32.1 Å². The maximum absolute atomic E-state index is 5.39. The lowest BCUT2D eigenvalue weighted by Gasteiger charge is -2.19. The van der Waals surface area contributed by atoms with Crippen molar-refractivity contribution in [3.63, 3.8) is 0 Å². The van der Waals surface area contributed by atoms with Crippen molar-refractivity contribution < 1.29 is 4.74 Å². The summed E-state index contributed by atoms with van der Waals surface area (Å²) in [5.41, 5.74) is 2.59. The fourth-order valence-electron chi connectivity index (χ4n) is 2.66. The fraction of sp³-hybridized carbons (Fsp3) is 0.692. The minimum absolute atomic E-state index is 0.643. The summed E-state index contributed by atoms with van der Waals surface area (Å²) in [7, 11) is 0. The lowest BCUT2D eigenvalue weighted by Crippen LogP contribution is -2.18. The summed E-state index contributed by atoms with van der Waals surface area (Å²) in [5.74, 6) is 1.70. The predicted molar refractivity (Wildman–Crippen MR) is 66.1 cm³/mol. The molecule has 1 saturated heterocycles. The van der Waals surface area contributed by atoms with E-state index in [4.69, 9.17) is 4.74 Å². The van der Waals surface area contributed by atoms with Gasteiger partial charge in [0, 0.05) is 30.3 Å². The largest absolute Gasteiger partial charge is 0.381 e. The molecule has 2 aliphatic rings. The van der Waals surface area contributed by atoms with Crippen LogP contribution in [0.5, 0.6) is 0 Å². The number of aromatic nitrogens is 2. The van der Waals surface area contributed by atoms with Gasteiger partial charge < -0.3 is 10.1 Å². The molecule has 1 fully saturated rings. The summed E-state index contributed by atoms with van der Waals surface area (Å²) >= 11 is 0. The average molecular weight is 233 g/mol. The van der Waals surface area contributed by atoms with Crippen LogP contribution < -0.4 is 5.32 Å². The van der Waals surface area contributed by atoms with Crippen molar-refractivity contribution in [1.29, 1.82) is 0 Å². The Labute approximate surface area is 102 Å². The zero-order chi connectivity index (χ0) is 11.5. The highest BCUT2D eigenvalue weighted by Gasteiger charge is 2.18. The Morgan fingerprint density at radius 3 is 3.12 bits per heavy atom. The Morgan fingerprint density at radius 1 is 1.29 bits per heavy atom. The fourth-order valence-corrected chi connectivity index (χ4v) is 2.66. The molecule has 0 radical (unpaired) electrons. The Kier molecular flexibility index (Phi) is 3.22. The predicted octanol–water partition coefficient (Wildman–Crippen LogP) is 1.80. The van der Waals surface area contributed by atoms with Crippen LogP contribution in [0.1, 0.15) is 30.5 Å². The number of hydrogen-bond acceptors (Lipinski definition) is 4. The highest BCUT2D eigenvalue weighted by Crippen LogP contribution is 2.24. The Hall–Kier alpha value is -1.16. The molecular formula is C13H19N3O. The third-order valence-electron chi connectivity index (χ3n) is 3.71. The van der Waals surface area contributed by atoms with Gasteiger partial charge in [0.15, 0.2) is 0 Å². The highest BCUT2D eigenvalue weighted by atomic mass is 16.5. The van der Waals surface area contributed by atoms with E-state index in [0.29, 0.717) is 5.92 Å². The number of hydrogen-bond donors (Lipinski definition) is 1. The molecule has 1 atom stereocenters. The lowest BCUT2D eigenvalue weighted by atomic mass is 9.96. The van der Waals surface area contributed by atoms with Crippen LogP contribution in [0.25, 0.3) is 0 Å². The molecule has 0 bridgehead atoms. The SMILES string of the molecule is c1nc2c(c(NCC3CCOC3)n1)CCCC2. The molecular weight excluding hydrogens is 214 g/mol. The maximum Gasteiger partial charge on any atom is 0.132 e. The number of anilines is 1. The third-order valence-corrected chi connectivity index (χ3v) is 3.71. The van der Waals surface area contributed by atoms with Crippen molar-refractivity contribution in [2.24, 2.45) is 5.92 Å². The van der Waals surface area contributed by atoms with Crippen LogP contribution in [0.15, 0.2) is 6.33 Å². The highest BCUT2D eigenvalue weighted by molar-refractivity contribution is 5.46. The van der Waals surface area contributed by atoms with Gasteiger partial charge in [-0.2, -0.15) is 0 Å². The first-order chi connectivity index (χ1) is 8.43. The van der Waals surface area contributed by atoms with Gasteiger partial charge >= 0.3 is 0 Å². The Bertz CT molecular complexity index is 388. The first kappa shape index (κ1) is 11.0. The second kappa shape index (κ2) is 5.00. The van der Waals surface area contributed by atoms with Crippen LogP contribution in [-0.2, 0) is 17.6 Å². The van der Waals surface area contributed by atoms with Gasteiger partial charge in [-0.15, -0.1) is 0 Å². The van der Waals surface area contributed by atoms with E-state index in [1.165, 1.54) is 30.5 Å². The minimum atomic E-state index is 0.643. The van der Waals surface area contributed by atoms with Crippen molar-refractivity contribution >= 4 is 5.82 Å². The number of nitrogens with one attached hydrogen (secondary N) is 1. The van der Waals surface area contributed by atoms with Crippen molar-refractivity contribution in [1.82, 2.24) is 9.97 Å². The summed E-state index contributed by atoms with van der Waals surface area (Å²) < 4.78 is 5.39. The quantitative estimate of drug-likeness (QED) is 0.865. The summed E-state index contributed by atoms with van der Waals surface area (Å²) in [4.78, 5) is 8.77. The number of rotatable bonds is 3. The molecule has 1 unspecified atom stereocenters. The van der Waals surface area contributed by atoms with Crippen molar-refractivity contribution in [3.8, 4) is 0 Å². The second-order valence-electron chi connectivity index (χ2n) is 4.97. The van der Waals surface area contributed by atoms with Gasteiger partial charge in [-0.1, -0.05) is 0 Å². The number of aryl methyl sites for hydroxylation is 1. The first-order valence-electron chi connectivity index (χ1n) is 6.58. The van der Waals surface area contributed by atoms with E-state index in [1.54, 1.807) is 6.33 Å². The first-order valence-corrected chi connectivity index (χ1v) is 6.58. The molecule has 92 valence electrons. The van der Waals surface area contributed by atoms with Crippen LogP contribution in [0.3, 0.4) is 0 Å². The van der Waals surface area contributed by atoms with E-state index < -0.39 is 0 Å². The van der Waals surface area contributed by atoms with Gasteiger partial charge in [-0.05, 0) is 32.1 Å². The molecule has 2 heterocycles. The number of nitrogens with zero attached hydrogens (tertiary/aromatic N) is 2. The number of fused-ring (bicyclic) bond motifs is 1. The monoisotopic (exact) mass is 233 g/mol. The normalized spacial score (nSPS) is 23.4. The molecule has 0 saturated carbocycles. The van der Waals surface area contributed by atoms with Gasteiger partial charge in [0.2, 0.25) is 0 Å². The average Bonchev–Trinajstić information content (AvgIpc) is 2.89. The molecule has 1 aliphatic heterocycles. The zero-order valence-corrected chi connectivity index (χ0v) is 10.1.